The second-order valence-corrected chi connectivity index (χ2v) is 5.64. The lowest BCUT2D eigenvalue weighted by atomic mass is 10.1. The fourth-order valence-corrected chi connectivity index (χ4v) is 2.84. The smallest absolute Gasteiger partial charge is 0.0846 e. The Balaban J connectivity index is 2.19. The van der Waals surface area contributed by atoms with Crippen LogP contribution < -0.4 is 0 Å². The fourth-order valence-electron chi connectivity index (χ4n) is 1.78. The molecule has 1 nitrogen and oxygen atoms in total. The van der Waals surface area contributed by atoms with E-state index in [1.807, 2.05) is 0 Å². The van der Waals surface area contributed by atoms with Crippen molar-refractivity contribution in [1.29, 1.82) is 0 Å². The lowest BCUT2D eigenvalue weighted by Crippen LogP contribution is -2.29. The Labute approximate surface area is 105 Å². The summed E-state index contributed by atoms with van der Waals surface area (Å²) in [5.74, 6) is 1.80. The Morgan fingerprint density at radius 2 is 1.86 bits per heavy atom. The second kappa shape index (κ2) is 7.32. The van der Waals surface area contributed by atoms with Crippen molar-refractivity contribution in [3.63, 3.8) is 0 Å². The first-order chi connectivity index (χ1) is 6.77. The topological polar surface area (TPSA) is 9.23 Å². The molecule has 0 aromatic carbocycles. The summed E-state index contributed by atoms with van der Waals surface area (Å²) in [6.07, 6.45) is 5.38. The summed E-state index contributed by atoms with van der Waals surface area (Å²) in [6.45, 7) is 0.844. The van der Waals surface area contributed by atoms with E-state index in [1.165, 1.54) is 25.7 Å². The largest absolute Gasteiger partial charge is 0.375 e. The summed E-state index contributed by atoms with van der Waals surface area (Å²) in [5.41, 5.74) is 0. The highest BCUT2D eigenvalue weighted by Crippen LogP contribution is 2.26. The van der Waals surface area contributed by atoms with E-state index in [4.69, 9.17) is 27.9 Å². The Morgan fingerprint density at radius 3 is 2.36 bits per heavy atom. The summed E-state index contributed by atoms with van der Waals surface area (Å²) < 4.78 is 5.76. The summed E-state index contributed by atoms with van der Waals surface area (Å²) in [7, 11) is 0. The van der Waals surface area contributed by atoms with E-state index in [9.17, 15) is 0 Å². The lowest BCUT2D eigenvalue weighted by Gasteiger charge is -2.21. The monoisotopic (exact) mass is 302 g/mol. The molecule has 0 heterocycles. The number of rotatable bonds is 6. The fraction of sp³-hybridized carbons (Fsp3) is 1.00. The van der Waals surface area contributed by atoms with Crippen LogP contribution in [0.2, 0.25) is 0 Å². The summed E-state index contributed by atoms with van der Waals surface area (Å²) in [6, 6.07) is 0. The zero-order valence-electron chi connectivity index (χ0n) is 8.22. The highest BCUT2D eigenvalue weighted by Gasteiger charge is 2.21. The Morgan fingerprint density at radius 1 is 1.21 bits per heavy atom. The number of alkyl halides is 3. The molecule has 2 unspecified atom stereocenters. The van der Waals surface area contributed by atoms with Crippen LogP contribution in [-0.4, -0.2) is 29.3 Å². The van der Waals surface area contributed by atoms with E-state index in [0.29, 0.717) is 11.8 Å². The van der Waals surface area contributed by atoms with Crippen molar-refractivity contribution in [2.45, 2.75) is 36.6 Å². The number of ether oxygens (including phenoxy) is 1. The van der Waals surface area contributed by atoms with Crippen molar-refractivity contribution < 1.29 is 4.74 Å². The van der Waals surface area contributed by atoms with Crippen molar-refractivity contribution in [2.75, 3.05) is 18.4 Å². The molecular weight excluding hydrogens is 287 g/mol. The van der Waals surface area contributed by atoms with E-state index in [-0.39, 0.29) is 10.9 Å². The Kier molecular flexibility index (Phi) is 6.84. The molecule has 0 bridgehead atoms. The van der Waals surface area contributed by atoms with E-state index < -0.39 is 0 Å². The zero-order chi connectivity index (χ0) is 10.4. The molecule has 0 saturated heterocycles. The molecule has 0 amide bonds. The van der Waals surface area contributed by atoms with Crippen LogP contribution in [0.5, 0.6) is 0 Å². The van der Waals surface area contributed by atoms with Gasteiger partial charge in [0, 0.05) is 18.4 Å². The molecule has 84 valence electrons. The number of hydrogen-bond donors (Lipinski definition) is 0. The zero-order valence-corrected chi connectivity index (χ0v) is 11.3. The van der Waals surface area contributed by atoms with Gasteiger partial charge in [0.2, 0.25) is 0 Å². The highest BCUT2D eigenvalue weighted by molar-refractivity contribution is 9.09. The van der Waals surface area contributed by atoms with Gasteiger partial charge in [-0.2, -0.15) is 0 Å². The molecular formula is C10H17BrCl2O. The van der Waals surface area contributed by atoms with Crippen LogP contribution >= 0.6 is 39.1 Å². The standard InChI is InChI=1S/C10H17BrCl2O/c11-9(5-12)10(6-13)14-7-8-3-1-2-4-8/h8-10H,1-7H2. The molecule has 0 radical (unpaired) electrons. The van der Waals surface area contributed by atoms with Crippen molar-refractivity contribution in [1.82, 2.24) is 0 Å². The van der Waals surface area contributed by atoms with Crippen LogP contribution in [0.1, 0.15) is 25.7 Å². The van der Waals surface area contributed by atoms with Crippen molar-refractivity contribution in [3.05, 3.63) is 0 Å². The Bertz CT molecular complexity index is 151. The van der Waals surface area contributed by atoms with Gasteiger partial charge in [-0.1, -0.05) is 28.8 Å². The lowest BCUT2D eigenvalue weighted by molar-refractivity contribution is 0.0463. The van der Waals surface area contributed by atoms with E-state index >= 15 is 0 Å². The third kappa shape index (κ3) is 4.26. The normalized spacial score (nSPS) is 22.5. The average Bonchev–Trinajstić information content (AvgIpc) is 2.71. The van der Waals surface area contributed by atoms with Crippen molar-refractivity contribution in [2.24, 2.45) is 5.92 Å². The second-order valence-electron chi connectivity index (χ2n) is 3.85. The van der Waals surface area contributed by atoms with Gasteiger partial charge in [0.15, 0.2) is 0 Å². The predicted octanol–water partition coefficient (Wildman–Crippen LogP) is 3.80. The minimum absolute atomic E-state index is 0.0507. The Hall–Kier alpha value is 1.02. The predicted molar refractivity (Wildman–Crippen MR) is 65.9 cm³/mol. The van der Waals surface area contributed by atoms with Crippen LogP contribution in [0, 0.1) is 5.92 Å². The van der Waals surface area contributed by atoms with Gasteiger partial charge < -0.3 is 4.74 Å². The minimum atomic E-state index is 0.0507. The van der Waals surface area contributed by atoms with Crippen LogP contribution in [0.4, 0.5) is 0 Å². The molecule has 1 aliphatic carbocycles. The van der Waals surface area contributed by atoms with Crippen LogP contribution in [-0.2, 0) is 4.74 Å². The van der Waals surface area contributed by atoms with E-state index in [1.54, 1.807) is 0 Å². The molecule has 0 spiro atoms. The van der Waals surface area contributed by atoms with Crippen LogP contribution in [0.25, 0.3) is 0 Å². The molecule has 4 heteroatoms. The molecule has 1 aliphatic rings. The average molecular weight is 304 g/mol. The van der Waals surface area contributed by atoms with Gasteiger partial charge in [-0.15, -0.1) is 23.2 Å². The molecule has 1 rings (SSSR count). The van der Waals surface area contributed by atoms with Gasteiger partial charge in [0.05, 0.1) is 10.9 Å². The van der Waals surface area contributed by atoms with Gasteiger partial charge in [0.1, 0.15) is 0 Å². The summed E-state index contributed by atoms with van der Waals surface area (Å²) >= 11 is 15.0. The molecule has 0 aromatic heterocycles. The minimum Gasteiger partial charge on any atom is -0.375 e. The van der Waals surface area contributed by atoms with Gasteiger partial charge in [0.25, 0.3) is 0 Å². The molecule has 0 aliphatic heterocycles. The quantitative estimate of drug-likeness (QED) is 0.678. The summed E-state index contributed by atoms with van der Waals surface area (Å²) in [5, 5.41) is 0. The molecule has 1 fully saturated rings. The number of hydrogen-bond acceptors (Lipinski definition) is 1. The van der Waals surface area contributed by atoms with Crippen LogP contribution in [0.3, 0.4) is 0 Å². The highest BCUT2D eigenvalue weighted by atomic mass is 79.9. The third-order valence-electron chi connectivity index (χ3n) is 2.72. The SMILES string of the molecule is ClCC(Br)C(CCl)OCC1CCCC1. The van der Waals surface area contributed by atoms with E-state index in [0.717, 1.165) is 12.5 Å². The maximum absolute atomic E-state index is 5.81. The number of halogens is 3. The molecule has 0 aromatic rings. The van der Waals surface area contributed by atoms with Crippen molar-refractivity contribution >= 4 is 39.1 Å². The third-order valence-corrected chi connectivity index (χ3v) is 4.65. The van der Waals surface area contributed by atoms with Gasteiger partial charge >= 0.3 is 0 Å². The summed E-state index contributed by atoms with van der Waals surface area (Å²) in [4.78, 5) is 0.170. The maximum atomic E-state index is 5.81. The molecule has 2 atom stereocenters. The van der Waals surface area contributed by atoms with Crippen molar-refractivity contribution in [3.8, 4) is 0 Å². The first-order valence-electron chi connectivity index (χ1n) is 5.15. The van der Waals surface area contributed by atoms with Crippen LogP contribution in [0.15, 0.2) is 0 Å². The van der Waals surface area contributed by atoms with Gasteiger partial charge in [-0.05, 0) is 18.8 Å². The first kappa shape index (κ1) is 13.1. The van der Waals surface area contributed by atoms with Gasteiger partial charge in [-0.3, -0.25) is 0 Å². The first-order valence-corrected chi connectivity index (χ1v) is 7.14. The molecule has 14 heavy (non-hydrogen) atoms. The molecule has 0 N–H and O–H groups in total. The van der Waals surface area contributed by atoms with E-state index in [2.05, 4.69) is 15.9 Å². The maximum Gasteiger partial charge on any atom is 0.0846 e. The van der Waals surface area contributed by atoms with Gasteiger partial charge in [-0.25, -0.2) is 0 Å². The molecule has 1 saturated carbocycles.